The first-order valence-electron chi connectivity index (χ1n) is 9.29. The second kappa shape index (κ2) is 10.2. The van der Waals surface area contributed by atoms with Gasteiger partial charge < -0.3 is 15.3 Å². The maximum Gasteiger partial charge on any atom is 0.131 e. The molecule has 0 bridgehead atoms. The van der Waals surface area contributed by atoms with Crippen LogP contribution in [0.4, 0.5) is 0 Å². The van der Waals surface area contributed by atoms with Gasteiger partial charge in [-0.05, 0) is 63.9 Å². The van der Waals surface area contributed by atoms with Crippen molar-refractivity contribution in [3.8, 4) is 5.75 Å². The highest BCUT2D eigenvalue weighted by Gasteiger charge is 2.21. The number of aryl methyl sites for hydroxylation is 3. The minimum Gasteiger partial charge on any atom is -0.507 e. The van der Waals surface area contributed by atoms with Gasteiger partial charge in [-0.15, -0.1) is 0 Å². The summed E-state index contributed by atoms with van der Waals surface area (Å²) in [6.07, 6.45) is 2.49. The molecule has 7 nitrogen and oxygen atoms in total. The van der Waals surface area contributed by atoms with Crippen LogP contribution in [0.2, 0.25) is 0 Å². The van der Waals surface area contributed by atoms with Crippen LogP contribution in [-0.2, 0) is 0 Å². The zero-order valence-electron chi connectivity index (χ0n) is 16.3. The maximum atomic E-state index is 10.9. The van der Waals surface area contributed by atoms with Crippen LogP contribution < -0.4 is 5.32 Å². The molecule has 0 saturated carbocycles. The summed E-state index contributed by atoms with van der Waals surface area (Å²) < 4.78 is 1.86. The third-order valence-corrected chi connectivity index (χ3v) is 4.25. The van der Waals surface area contributed by atoms with Crippen LogP contribution in [-0.4, -0.2) is 57.6 Å². The zero-order chi connectivity index (χ0) is 19.8. The van der Waals surface area contributed by atoms with Gasteiger partial charge in [0.1, 0.15) is 11.9 Å². The Bertz CT molecular complexity index is 771. The highest BCUT2D eigenvalue weighted by atomic mass is 16.3. The van der Waals surface area contributed by atoms with E-state index in [-0.39, 0.29) is 25.1 Å². The molecule has 0 fully saturated rings. The Labute approximate surface area is 160 Å². The molecule has 0 spiro atoms. The fraction of sp³-hybridized carbons (Fsp3) is 0.500. The minimum absolute atomic E-state index is 0.0944. The number of aromatic nitrogens is 2. The average Bonchev–Trinajstić information content (AvgIpc) is 2.96. The van der Waals surface area contributed by atoms with Crippen LogP contribution in [0.5, 0.6) is 5.75 Å². The minimum atomic E-state index is -0.352. The van der Waals surface area contributed by atoms with Gasteiger partial charge in [-0.2, -0.15) is 5.10 Å². The first kappa shape index (κ1) is 21.1. The molecule has 27 heavy (non-hydrogen) atoms. The van der Waals surface area contributed by atoms with E-state index in [1.54, 1.807) is 6.21 Å². The summed E-state index contributed by atoms with van der Waals surface area (Å²) in [5.74, 6) is 0.155. The van der Waals surface area contributed by atoms with Gasteiger partial charge in [-0.3, -0.25) is 10.3 Å². The predicted molar refractivity (Wildman–Crippen MR) is 107 cm³/mol. The number of nitrogens with one attached hydrogen (secondary N) is 1. The number of phenolic OH excluding ortho intramolecular Hbond substituents is 1. The van der Waals surface area contributed by atoms with E-state index in [9.17, 15) is 5.11 Å². The SMILES string of the molecule is Cc1cc(C=NCCCO)c(O)c(C(NCCCO)n2nc(C)cc2C)c1. The molecule has 1 unspecified atom stereocenters. The summed E-state index contributed by atoms with van der Waals surface area (Å²) >= 11 is 0. The van der Waals surface area contributed by atoms with E-state index in [0.717, 1.165) is 17.0 Å². The Balaban J connectivity index is 2.43. The Morgan fingerprint density at radius 2 is 1.89 bits per heavy atom. The Hall–Kier alpha value is -2.22. The number of aliphatic hydroxyl groups excluding tert-OH is 2. The molecule has 0 amide bonds. The molecule has 0 radical (unpaired) electrons. The van der Waals surface area contributed by atoms with Crippen LogP contribution in [0.25, 0.3) is 0 Å². The maximum absolute atomic E-state index is 10.9. The van der Waals surface area contributed by atoms with Crippen molar-refractivity contribution in [1.82, 2.24) is 15.1 Å². The fourth-order valence-electron chi connectivity index (χ4n) is 3.02. The molecule has 0 aliphatic carbocycles. The third kappa shape index (κ3) is 5.63. The Morgan fingerprint density at radius 1 is 1.15 bits per heavy atom. The van der Waals surface area contributed by atoms with Crippen LogP contribution >= 0.6 is 0 Å². The van der Waals surface area contributed by atoms with E-state index >= 15 is 0 Å². The van der Waals surface area contributed by atoms with E-state index in [2.05, 4.69) is 15.4 Å². The monoisotopic (exact) mass is 374 g/mol. The largest absolute Gasteiger partial charge is 0.507 e. The molecule has 2 aromatic rings. The van der Waals surface area contributed by atoms with Gasteiger partial charge >= 0.3 is 0 Å². The van der Waals surface area contributed by atoms with Gasteiger partial charge in [0, 0.05) is 42.8 Å². The van der Waals surface area contributed by atoms with Crippen molar-refractivity contribution in [1.29, 1.82) is 0 Å². The van der Waals surface area contributed by atoms with Crippen LogP contribution in [0, 0.1) is 20.8 Å². The second-order valence-electron chi connectivity index (χ2n) is 6.71. The number of nitrogens with zero attached hydrogens (tertiary/aromatic N) is 3. The molecule has 7 heteroatoms. The molecular formula is C20H30N4O3. The Kier molecular flexibility index (Phi) is 7.97. The number of hydrogen-bond acceptors (Lipinski definition) is 6. The first-order valence-corrected chi connectivity index (χ1v) is 9.29. The van der Waals surface area contributed by atoms with Crippen molar-refractivity contribution in [2.75, 3.05) is 26.3 Å². The normalized spacial score (nSPS) is 12.8. The molecule has 0 aliphatic rings. The van der Waals surface area contributed by atoms with Crippen LogP contribution in [0.1, 0.15) is 47.1 Å². The van der Waals surface area contributed by atoms with Gasteiger partial charge in [0.15, 0.2) is 0 Å². The summed E-state index contributed by atoms with van der Waals surface area (Å²) in [6, 6.07) is 5.81. The van der Waals surface area contributed by atoms with E-state index < -0.39 is 0 Å². The molecule has 0 aliphatic heterocycles. The lowest BCUT2D eigenvalue weighted by molar-refractivity contribution is 0.278. The molecule has 1 aromatic heterocycles. The highest BCUT2D eigenvalue weighted by Crippen LogP contribution is 2.30. The lowest BCUT2D eigenvalue weighted by Crippen LogP contribution is -2.31. The fourth-order valence-corrected chi connectivity index (χ4v) is 3.02. The van der Waals surface area contributed by atoms with Gasteiger partial charge in [0.25, 0.3) is 0 Å². The zero-order valence-corrected chi connectivity index (χ0v) is 16.3. The van der Waals surface area contributed by atoms with Gasteiger partial charge in [-0.1, -0.05) is 0 Å². The number of aliphatic imine (C=N–C) groups is 1. The smallest absolute Gasteiger partial charge is 0.131 e. The van der Waals surface area contributed by atoms with Crippen molar-refractivity contribution < 1.29 is 15.3 Å². The molecule has 4 N–H and O–H groups in total. The van der Waals surface area contributed by atoms with Gasteiger partial charge in [-0.25, -0.2) is 4.68 Å². The van der Waals surface area contributed by atoms with E-state index in [0.29, 0.717) is 37.1 Å². The van der Waals surface area contributed by atoms with E-state index in [4.69, 9.17) is 10.2 Å². The van der Waals surface area contributed by atoms with Crippen LogP contribution in [0.15, 0.2) is 23.2 Å². The Morgan fingerprint density at radius 3 is 2.52 bits per heavy atom. The number of phenols is 1. The summed E-state index contributed by atoms with van der Waals surface area (Å²) in [4.78, 5) is 4.28. The predicted octanol–water partition coefficient (Wildman–Crippen LogP) is 1.83. The molecule has 1 aromatic carbocycles. The number of rotatable bonds is 10. The highest BCUT2D eigenvalue weighted by molar-refractivity contribution is 5.84. The third-order valence-electron chi connectivity index (χ3n) is 4.25. The topological polar surface area (TPSA) is 103 Å². The molecular weight excluding hydrogens is 344 g/mol. The lowest BCUT2D eigenvalue weighted by atomic mass is 10.0. The number of aromatic hydroxyl groups is 1. The van der Waals surface area contributed by atoms with Crippen molar-refractivity contribution in [3.05, 3.63) is 46.3 Å². The van der Waals surface area contributed by atoms with E-state index in [1.807, 2.05) is 43.7 Å². The van der Waals surface area contributed by atoms with Crippen molar-refractivity contribution >= 4 is 6.21 Å². The molecule has 2 rings (SSSR count). The van der Waals surface area contributed by atoms with Crippen molar-refractivity contribution in [2.24, 2.45) is 4.99 Å². The first-order chi connectivity index (χ1) is 13.0. The molecule has 148 valence electrons. The van der Waals surface area contributed by atoms with Gasteiger partial charge in [0.05, 0.1) is 5.69 Å². The van der Waals surface area contributed by atoms with Gasteiger partial charge in [0.2, 0.25) is 0 Å². The average molecular weight is 374 g/mol. The van der Waals surface area contributed by atoms with Crippen molar-refractivity contribution in [2.45, 2.75) is 39.8 Å². The standard InChI is InChI=1S/C20H30N4O3/c1-14-10-17(13-21-6-4-8-25)19(27)18(11-14)20(22-7-5-9-26)24-16(3)12-15(2)23-24/h10-13,20,22,25-27H,4-9H2,1-3H3. The second-order valence-corrected chi connectivity index (χ2v) is 6.71. The molecule has 1 heterocycles. The van der Waals surface area contributed by atoms with E-state index in [1.165, 1.54) is 0 Å². The summed E-state index contributed by atoms with van der Waals surface area (Å²) in [5, 5.41) is 36.8. The lowest BCUT2D eigenvalue weighted by Gasteiger charge is -2.23. The molecule has 0 saturated heterocycles. The quantitative estimate of drug-likeness (QED) is 0.375. The van der Waals surface area contributed by atoms with Crippen LogP contribution in [0.3, 0.4) is 0 Å². The molecule has 1 atom stereocenters. The number of hydrogen-bond donors (Lipinski definition) is 4. The summed E-state index contributed by atoms with van der Waals surface area (Å²) in [6.45, 7) is 7.17. The number of aliphatic hydroxyl groups is 2. The summed E-state index contributed by atoms with van der Waals surface area (Å²) in [7, 11) is 0. The summed E-state index contributed by atoms with van der Waals surface area (Å²) in [5.41, 5.74) is 4.23. The van der Waals surface area contributed by atoms with Crippen molar-refractivity contribution in [3.63, 3.8) is 0 Å². The number of benzene rings is 1.